The van der Waals surface area contributed by atoms with E-state index in [2.05, 4.69) is 10.6 Å². The predicted molar refractivity (Wildman–Crippen MR) is 179 cm³/mol. The van der Waals surface area contributed by atoms with E-state index in [-0.39, 0.29) is 43.5 Å². The van der Waals surface area contributed by atoms with Gasteiger partial charge in [0.05, 0.1) is 42.8 Å². The Morgan fingerprint density at radius 2 is 1.81 bits per heavy atom. The van der Waals surface area contributed by atoms with Crippen molar-refractivity contribution >= 4 is 27.9 Å². The average molecular weight is 691 g/mol. The summed E-state index contributed by atoms with van der Waals surface area (Å²) in [6, 6.07) is 14.4. The number of carbonyl (C=O) groups is 2. The summed E-state index contributed by atoms with van der Waals surface area (Å²) in [7, 11) is -4.09. The Morgan fingerprint density at radius 1 is 1.08 bits per heavy atom. The van der Waals surface area contributed by atoms with Crippen LogP contribution in [0.2, 0.25) is 0 Å². The summed E-state index contributed by atoms with van der Waals surface area (Å²) < 4.78 is 51.2. The number of rotatable bonds is 17. The van der Waals surface area contributed by atoms with Crippen LogP contribution in [0, 0.1) is 11.3 Å². The lowest BCUT2D eigenvalue weighted by atomic mass is 9.87. The summed E-state index contributed by atoms with van der Waals surface area (Å²) in [5, 5.41) is 17.2. The number of alkyl carbamates (subject to hydrolysis) is 2. The highest BCUT2D eigenvalue weighted by Gasteiger charge is 2.44. The minimum Gasteiger partial charge on any atom is -0.450 e. The molecule has 266 valence electrons. The van der Waals surface area contributed by atoms with E-state index >= 15 is 0 Å². The molecule has 2 fully saturated rings. The normalized spacial score (nSPS) is 20.6. The lowest BCUT2D eigenvalue weighted by Crippen LogP contribution is -2.52. The van der Waals surface area contributed by atoms with Gasteiger partial charge in [0.15, 0.2) is 6.29 Å². The molecule has 5 atom stereocenters. The Morgan fingerprint density at radius 3 is 2.52 bits per heavy atom. The number of benzene rings is 2. The molecule has 4 rings (SSSR count). The van der Waals surface area contributed by atoms with Crippen molar-refractivity contribution in [2.75, 3.05) is 45.2 Å². The molecule has 0 radical (unpaired) electrons. The maximum atomic E-state index is 14.1. The highest BCUT2D eigenvalue weighted by Crippen LogP contribution is 2.33. The summed E-state index contributed by atoms with van der Waals surface area (Å²) in [5.74, 6) is -0.0584. The minimum absolute atomic E-state index is 0.0416. The van der Waals surface area contributed by atoms with Crippen LogP contribution in [0.4, 0.5) is 15.3 Å². The van der Waals surface area contributed by atoms with Crippen molar-refractivity contribution in [1.29, 1.82) is 0 Å². The van der Waals surface area contributed by atoms with Gasteiger partial charge in [0.1, 0.15) is 6.10 Å². The van der Waals surface area contributed by atoms with Crippen molar-refractivity contribution in [2.45, 2.75) is 82.3 Å². The highest BCUT2D eigenvalue weighted by molar-refractivity contribution is 7.89. The first-order chi connectivity index (χ1) is 22.9. The fourth-order valence-corrected chi connectivity index (χ4v) is 7.70. The molecule has 0 spiro atoms. The Hall–Kier alpha value is -3.43. The molecule has 2 heterocycles. The molecule has 2 aromatic rings. The zero-order chi connectivity index (χ0) is 34.7. The van der Waals surface area contributed by atoms with E-state index in [4.69, 9.17) is 24.7 Å². The molecule has 0 aromatic heterocycles. The molecular weight excluding hydrogens is 640 g/mol. The smallest absolute Gasteiger partial charge is 0.407 e. The number of nitrogens with zero attached hydrogens (tertiary/aromatic N) is 1. The fourth-order valence-electron chi connectivity index (χ4n) is 6.05. The first-order valence-electron chi connectivity index (χ1n) is 16.6. The zero-order valence-corrected chi connectivity index (χ0v) is 28.8. The number of anilines is 1. The second kappa shape index (κ2) is 17.3. The van der Waals surface area contributed by atoms with Crippen molar-refractivity contribution in [2.24, 2.45) is 11.3 Å². The van der Waals surface area contributed by atoms with Gasteiger partial charge in [0.2, 0.25) is 10.0 Å². The van der Waals surface area contributed by atoms with Crippen molar-refractivity contribution in [3.05, 3.63) is 60.2 Å². The minimum atomic E-state index is -4.09. The van der Waals surface area contributed by atoms with E-state index in [1.165, 1.54) is 28.6 Å². The molecule has 2 amide bonds. The van der Waals surface area contributed by atoms with Gasteiger partial charge < -0.3 is 40.4 Å². The topological polar surface area (TPSA) is 179 Å². The van der Waals surface area contributed by atoms with Gasteiger partial charge in [-0.05, 0) is 67.9 Å². The van der Waals surface area contributed by atoms with Crippen LogP contribution in [0.3, 0.4) is 0 Å². The molecule has 14 heteroatoms. The van der Waals surface area contributed by atoms with Gasteiger partial charge in [-0.1, -0.05) is 50.6 Å². The number of sulfonamides is 1. The number of carbonyl (C=O) groups excluding carboxylic acids is 2. The van der Waals surface area contributed by atoms with E-state index in [0.29, 0.717) is 38.1 Å². The van der Waals surface area contributed by atoms with Gasteiger partial charge in [0, 0.05) is 25.3 Å². The number of nitrogen functional groups attached to an aromatic ring is 1. The van der Waals surface area contributed by atoms with Gasteiger partial charge in [-0.3, -0.25) is 0 Å². The number of amides is 2. The van der Waals surface area contributed by atoms with E-state index in [1.54, 1.807) is 6.92 Å². The Balaban J connectivity index is 1.49. The van der Waals surface area contributed by atoms with Crippen molar-refractivity contribution in [3.8, 4) is 0 Å². The summed E-state index contributed by atoms with van der Waals surface area (Å²) in [6.07, 6.45) is -0.361. The molecule has 48 heavy (non-hydrogen) atoms. The van der Waals surface area contributed by atoms with Crippen molar-refractivity contribution in [1.82, 2.24) is 14.9 Å². The Bertz CT molecular complexity index is 1430. The summed E-state index contributed by atoms with van der Waals surface area (Å²) in [4.78, 5) is 24.8. The monoisotopic (exact) mass is 690 g/mol. The number of unbranched alkanes of at least 4 members (excludes halogenated alkanes) is 1. The van der Waals surface area contributed by atoms with Crippen LogP contribution in [0.1, 0.15) is 52.0 Å². The zero-order valence-electron chi connectivity index (χ0n) is 28.0. The van der Waals surface area contributed by atoms with Gasteiger partial charge in [-0.2, -0.15) is 4.31 Å². The largest absolute Gasteiger partial charge is 0.450 e. The summed E-state index contributed by atoms with van der Waals surface area (Å²) in [6.45, 7) is 6.94. The molecule has 2 saturated heterocycles. The average Bonchev–Trinajstić information content (AvgIpc) is 3.66. The van der Waals surface area contributed by atoms with E-state index in [9.17, 15) is 23.1 Å². The van der Waals surface area contributed by atoms with Crippen molar-refractivity contribution < 1.29 is 42.1 Å². The van der Waals surface area contributed by atoms with Crippen molar-refractivity contribution in [3.63, 3.8) is 0 Å². The first kappa shape index (κ1) is 37.4. The highest BCUT2D eigenvalue weighted by atomic mass is 32.2. The number of aliphatic hydroxyl groups is 1. The Labute approximate surface area is 283 Å². The summed E-state index contributed by atoms with van der Waals surface area (Å²) in [5.41, 5.74) is 6.60. The quantitative estimate of drug-likeness (QED) is 0.141. The third kappa shape index (κ3) is 10.8. The second-order valence-electron chi connectivity index (χ2n) is 13.1. The van der Waals surface area contributed by atoms with Gasteiger partial charge in [-0.15, -0.1) is 0 Å². The molecular formula is C34H50N4O9S. The first-order valence-corrected chi connectivity index (χ1v) is 18.0. The molecule has 2 aromatic carbocycles. The molecule has 0 aliphatic carbocycles. The van der Waals surface area contributed by atoms with E-state index in [1.807, 2.05) is 44.2 Å². The van der Waals surface area contributed by atoms with Crippen LogP contribution in [0.25, 0.3) is 0 Å². The predicted octanol–water partition coefficient (Wildman–Crippen LogP) is 3.66. The molecule has 2 aliphatic heterocycles. The molecule has 13 nitrogen and oxygen atoms in total. The molecule has 0 saturated carbocycles. The summed E-state index contributed by atoms with van der Waals surface area (Å²) >= 11 is 0. The molecule has 0 bridgehead atoms. The molecule has 0 unspecified atom stereocenters. The van der Waals surface area contributed by atoms with E-state index < -0.39 is 52.2 Å². The van der Waals surface area contributed by atoms with Crippen LogP contribution in [-0.4, -0.2) is 94.0 Å². The van der Waals surface area contributed by atoms with Crippen LogP contribution in [0.15, 0.2) is 59.5 Å². The number of aliphatic hydroxyl groups excluding tert-OH is 1. The number of nitrogens with two attached hydrogens (primary N) is 1. The number of hydrogen-bond acceptors (Lipinski definition) is 10. The van der Waals surface area contributed by atoms with E-state index in [0.717, 1.165) is 12.0 Å². The SMILES string of the molecule is CCOC(=O)NCCCCC(C)(C)CN(C[C@@H](O)[C@H](Cc1ccccc1)NC(=O)O[C@@H]1CO[C@@H]2OCC[C@@H]21)S(=O)(=O)c1ccc(N)cc1. The fraction of sp³-hybridized carbons (Fsp3) is 0.588. The number of fused-ring (bicyclic) bond motifs is 1. The third-order valence-corrected chi connectivity index (χ3v) is 10.5. The lowest BCUT2D eigenvalue weighted by Gasteiger charge is -2.35. The number of ether oxygens (including phenoxy) is 4. The third-order valence-electron chi connectivity index (χ3n) is 8.65. The maximum absolute atomic E-state index is 14.1. The second-order valence-corrected chi connectivity index (χ2v) is 15.0. The standard InChI is InChI=1S/C34H50N4O9S/c1-4-44-32(40)36-18-9-8-17-34(2,3)23-38(48(42,43)26-14-12-25(35)13-15-26)21-29(39)28(20-24-10-6-5-7-11-24)37-33(41)47-30-22-46-31-27(30)16-19-45-31/h5-7,10-15,27-31,39H,4,8-9,16-23,35H2,1-3H3,(H,36,40)(H,37,41)/t27-,28+,29-,30-,31+/m1/s1. The van der Waals surface area contributed by atoms with Crippen LogP contribution < -0.4 is 16.4 Å². The van der Waals surface area contributed by atoms with Crippen LogP contribution in [-0.2, 0) is 35.4 Å². The molecule has 5 N–H and O–H groups in total. The maximum Gasteiger partial charge on any atom is 0.407 e. The Kier molecular flexibility index (Phi) is 13.5. The van der Waals surface area contributed by atoms with Gasteiger partial charge in [0.25, 0.3) is 0 Å². The van der Waals surface area contributed by atoms with Gasteiger partial charge in [-0.25, -0.2) is 18.0 Å². The molecule has 2 aliphatic rings. The lowest BCUT2D eigenvalue weighted by molar-refractivity contribution is -0.0907. The van der Waals surface area contributed by atoms with Crippen LogP contribution in [0.5, 0.6) is 0 Å². The van der Waals surface area contributed by atoms with Gasteiger partial charge >= 0.3 is 12.2 Å². The van der Waals surface area contributed by atoms with Crippen LogP contribution >= 0.6 is 0 Å². The number of nitrogens with one attached hydrogen (secondary N) is 2. The number of hydrogen-bond donors (Lipinski definition) is 4.